The van der Waals surface area contributed by atoms with Crippen molar-refractivity contribution in [2.24, 2.45) is 5.41 Å². The molecule has 26 heavy (non-hydrogen) atoms. The highest BCUT2D eigenvalue weighted by atomic mass is 19.1. The Balaban J connectivity index is 1.90. The molecule has 1 aromatic rings. The number of hydrogen-bond donors (Lipinski definition) is 0. The molecule has 1 aliphatic heterocycles. The Bertz CT molecular complexity index is 649. The highest BCUT2D eigenvalue weighted by Gasteiger charge is 2.32. The lowest BCUT2D eigenvalue weighted by Gasteiger charge is -2.40. The second-order valence-corrected chi connectivity index (χ2v) is 8.08. The Hall–Kier alpha value is -1.95. The van der Waals surface area contributed by atoms with Gasteiger partial charge in [0, 0.05) is 45.2 Å². The third-order valence-electron chi connectivity index (χ3n) is 4.83. The van der Waals surface area contributed by atoms with Crippen molar-refractivity contribution in [1.29, 1.82) is 0 Å². The minimum absolute atomic E-state index is 0.00450. The van der Waals surface area contributed by atoms with Gasteiger partial charge >= 0.3 is 0 Å². The molecule has 1 aliphatic rings. The third kappa shape index (κ3) is 5.04. The van der Waals surface area contributed by atoms with Gasteiger partial charge in [0.15, 0.2) is 0 Å². The number of carbonyl (C=O) groups excluding carboxylic acids is 2. The van der Waals surface area contributed by atoms with Crippen molar-refractivity contribution in [1.82, 2.24) is 14.7 Å². The fraction of sp³-hybridized carbons (Fsp3) is 0.600. The Morgan fingerprint density at radius 1 is 1.19 bits per heavy atom. The van der Waals surface area contributed by atoms with E-state index in [4.69, 9.17) is 0 Å². The minimum Gasteiger partial charge on any atom is -0.340 e. The lowest BCUT2D eigenvalue weighted by atomic mass is 9.94. The molecule has 5 nitrogen and oxygen atoms in total. The zero-order chi connectivity index (χ0) is 19.5. The van der Waals surface area contributed by atoms with E-state index in [9.17, 15) is 14.0 Å². The Morgan fingerprint density at radius 2 is 1.81 bits per heavy atom. The van der Waals surface area contributed by atoms with E-state index in [-0.39, 0.29) is 29.1 Å². The molecule has 0 bridgehead atoms. The van der Waals surface area contributed by atoms with Crippen LogP contribution in [0.15, 0.2) is 24.3 Å². The Morgan fingerprint density at radius 3 is 2.35 bits per heavy atom. The highest BCUT2D eigenvalue weighted by Crippen LogP contribution is 2.19. The van der Waals surface area contributed by atoms with E-state index in [1.54, 1.807) is 18.0 Å². The number of rotatable bonds is 4. The summed E-state index contributed by atoms with van der Waals surface area (Å²) < 4.78 is 13.3. The van der Waals surface area contributed by atoms with Gasteiger partial charge in [-0.05, 0) is 24.6 Å². The van der Waals surface area contributed by atoms with Crippen molar-refractivity contribution in [3.05, 3.63) is 35.6 Å². The van der Waals surface area contributed by atoms with Gasteiger partial charge in [0.05, 0.1) is 6.04 Å². The molecule has 0 spiro atoms. The number of halogens is 1. The molecule has 1 aromatic carbocycles. The zero-order valence-electron chi connectivity index (χ0n) is 16.5. The van der Waals surface area contributed by atoms with Crippen molar-refractivity contribution in [2.45, 2.75) is 40.3 Å². The molecule has 6 heteroatoms. The summed E-state index contributed by atoms with van der Waals surface area (Å²) in [4.78, 5) is 30.7. The van der Waals surface area contributed by atoms with E-state index in [2.05, 4.69) is 4.90 Å². The number of amides is 2. The summed E-state index contributed by atoms with van der Waals surface area (Å²) >= 11 is 0. The lowest BCUT2D eigenvalue weighted by molar-refractivity contribution is -0.143. The average molecular weight is 363 g/mol. The van der Waals surface area contributed by atoms with E-state index in [1.807, 2.05) is 38.7 Å². The van der Waals surface area contributed by atoms with Crippen LogP contribution in [0.25, 0.3) is 0 Å². The monoisotopic (exact) mass is 363 g/mol. The van der Waals surface area contributed by atoms with E-state index in [0.717, 1.165) is 5.56 Å². The summed E-state index contributed by atoms with van der Waals surface area (Å²) in [6.07, 6.45) is 0. The molecule has 0 N–H and O–H groups in total. The molecule has 1 saturated heterocycles. The zero-order valence-corrected chi connectivity index (χ0v) is 16.5. The van der Waals surface area contributed by atoms with Gasteiger partial charge in [0.2, 0.25) is 11.8 Å². The maximum atomic E-state index is 13.3. The molecule has 1 atom stereocenters. The molecule has 144 valence electrons. The van der Waals surface area contributed by atoms with Crippen LogP contribution in [-0.4, -0.2) is 65.8 Å². The van der Waals surface area contributed by atoms with Gasteiger partial charge in [0.25, 0.3) is 0 Å². The quantitative estimate of drug-likeness (QED) is 0.825. The van der Waals surface area contributed by atoms with E-state index in [0.29, 0.717) is 32.7 Å². The van der Waals surface area contributed by atoms with E-state index < -0.39 is 0 Å². The molecular formula is C20H30FN3O2. The van der Waals surface area contributed by atoms with Crippen molar-refractivity contribution >= 4 is 11.8 Å². The molecule has 2 rings (SSSR count). The number of nitrogens with zero attached hydrogens (tertiary/aromatic N) is 3. The fourth-order valence-electron chi connectivity index (χ4n) is 3.25. The van der Waals surface area contributed by atoms with Crippen LogP contribution in [0.4, 0.5) is 4.39 Å². The predicted molar refractivity (Wildman–Crippen MR) is 99.9 cm³/mol. The standard InChI is InChI=1S/C20H30FN3O2/c1-15(18(25)22(5)14-16-7-6-8-17(21)13-16)23-9-11-24(12-10-23)19(26)20(2,3)4/h6-8,13,15H,9-12,14H2,1-5H3. The maximum absolute atomic E-state index is 13.3. The minimum atomic E-state index is -0.380. The van der Waals surface area contributed by atoms with Crippen LogP contribution in [0.5, 0.6) is 0 Å². The van der Waals surface area contributed by atoms with Gasteiger partial charge in [0.1, 0.15) is 5.82 Å². The predicted octanol–water partition coefficient (Wildman–Crippen LogP) is 2.36. The smallest absolute Gasteiger partial charge is 0.239 e. The van der Waals surface area contributed by atoms with Gasteiger partial charge < -0.3 is 9.80 Å². The SMILES string of the molecule is CC(C(=O)N(C)Cc1cccc(F)c1)N1CCN(C(=O)C(C)(C)C)CC1. The maximum Gasteiger partial charge on any atom is 0.239 e. The van der Waals surface area contributed by atoms with Crippen LogP contribution < -0.4 is 0 Å². The Labute approximate surface area is 155 Å². The Kier molecular flexibility index (Phi) is 6.39. The molecule has 1 unspecified atom stereocenters. The first kappa shape index (κ1) is 20.4. The summed E-state index contributed by atoms with van der Waals surface area (Å²) in [7, 11) is 1.74. The topological polar surface area (TPSA) is 43.9 Å². The fourth-order valence-corrected chi connectivity index (χ4v) is 3.25. The van der Waals surface area contributed by atoms with E-state index >= 15 is 0 Å². The first-order chi connectivity index (χ1) is 12.1. The molecule has 0 aliphatic carbocycles. The second-order valence-electron chi connectivity index (χ2n) is 8.08. The van der Waals surface area contributed by atoms with Gasteiger partial charge in [-0.25, -0.2) is 4.39 Å². The summed E-state index contributed by atoms with van der Waals surface area (Å²) in [6, 6.07) is 6.05. The van der Waals surface area contributed by atoms with Gasteiger partial charge in [-0.2, -0.15) is 0 Å². The second kappa shape index (κ2) is 8.16. The van der Waals surface area contributed by atoms with Crippen molar-refractivity contribution < 1.29 is 14.0 Å². The summed E-state index contributed by atoms with van der Waals surface area (Å²) in [6.45, 7) is 10.7. The van der Waals surface area contributed by atoms with Crippen LogP contribution in [0.3, 0.4) is 0 Å². The first-order valence-electron chi connectivity index (χ1n) is 9.12. The average Bonchev–Trinajstić information content (AvgIpc) is 2.59. The van der Waals surface area contributed by atoms with Gasteiger partial charge in [-0.1, -0.05) is 32.9 Å². The number of benzene rings is 1. The normalized spacial score (nSPS) is 17.1. The molecule has 0 radical (unpaired) electrons. The highest BCUT2D eigenvalue weighted by molar-refractivity contribution is 5.82. The molecular weight excluding hydrogens is 333 g/mol. The van der Waals surface area contributed by atoms with Gasteiger partial charge in [-0.15, -0.1) is 0 Å². The molecule has 1 heterocycles. The van der Waals surface area contributed by atoms with Crippen molar-refractivity contribution in [3.63, 3.8) is 0 Å². The molecule has 1 fully saturated rings. The van der Waals surface area contributed by atoms with Crippen LogP contribution in [0.2, 0.25) is 0 Å². The number of carbonyl (C=O) groups is 2. The molecule has 0 aromatic heterocycles. The number of hydrogen-bond acceptors (Lipinski definition) is 3. The van der Waals surface area contributed by atoms with Crippen molar-refractivity contribution in [3.8, 4) is 0 Å². The third-order valence-corrected chi connectivity index (χ3v) is 4.83. The van der Waals surface area contributed by atoms with Crippen molar-refractivity contribution in [2.75, 3.05) is 33.2 Å². The summed E-state index contributed by atoms with van der Waals surface area (Å²) in [5, 5.41) is 0. The van der Waals surface area contributed by atoms with Crippen LogP contribution in [-0.2, 0) is 16.1 Å². The van der Waals surface area contributed by atoms with Crippen LogP contribution in [0.1, 0.15) is 33.3 Å². The summed E-state index contributed by atoms with van der Waals surface area (Å²) in [5.74, 6) is -0.139. The lowest BCUT2D eigenvalue weighted by Crippen LogP contribution is -2.56. The summed E-state index contributed by atoms with van der Waals surface area (Å²) in [5.41, 5.74) is 0.392. The first-order valence-corrected chi connectivity index (χ1v) is 9.12. The number of piperazine rings is 1. The van der Waals surface area contributed by atoms with Gasteiger partial charge in [-0.3, -0.25) is 14.5 Å². The molecule has 0 saturated carbocycles. The number of likely N-dealkylation sites (N-methyl/N-ethyl adjacent to an activating group) is 1. The molecule has 2 amide bonds. The van der Waals surface area contributed by atoms with Crippen LogP contribution >= 0.6 is 0 Å². The van der Waals surface area contributed by atoms with Crippen LogP contribution in [0, 0.1) is 11.2 Å². The largest absolute Gasteiger partial charge is 0.340 e. The van der Waals surface area contributed by atoms with E-state index in [1.165, 1.54) is 12.1 Å².